The summed E-state index contributed by atoms with van der Waals surface area (Å²) in [5.74, 6) is 0.359. The summed E-state index contributed by atoms with van der Waals surface area (Å²) < 4.78 is 5.06. The van der Waals surface area contributed by atoms with Gasteiger partial charge in [-0.3, -0.25) is 4.79 Å². The third kappa shape index (κ3) is 4.44. The predicted molar refractivity (Wildman–Crippen MR) is 91.6 cm³/mol. The van der Waals surface area contributed by atoms with Gasteiger partial charge in [-0.05, 0) is 36.4 Å². The zero-order valence-corrected chi connectivity index (χ0v) is 13.9. The van der Waals surface area contributed by atoms with Crippen LogP contribution in [0.25, 0.3) is 0 Å². The number of benzene rings is 2. The van der Waals surface area contributed by atoms with Gasteiger partial charge in [-0.1, -0.05) is 34.8 Å². The van der Waals surface area contributed by atoms with Crippen LogP contribution in [0.1, 0.15) is 0 Å². The highest BCUT2D eigenvalue weighted by atomic mass is 35.5. The molecule has 0 saturated carbocycles. The van der Waals surface area contributed by atoms with Gasteiger partial charge in [-0.25, -0.2) is 0 Å². The van der Waals surface area contributed by atoms with Crippen molar-refractivity contribution < 1.29 is 9.53 Å². The third-order valence-electron chi connectivity index (χ3n) is 2.81. The van der Waals surface area contributed by atoms with Crippen LogP contribution in [0.15, 0.2) is 36.4 Å². The fraction of sp³-hybridized carbons (Fsp3) is 0.133. The van der Waals surface area contributed by atoms with Crippen molar-refractivity contribution >= 4 is 52.1 Å². The van der Waals surface area contributed by atoms with Gasteiger partial charge in [-0.15, -0.1) is 0 Å². The number of amides is 1. The monoisotopic (exact) mass is 358 g/mol. The zero-order valence-electron chi connectivity index (χ0n) is 11.6. The Morgan fingerprint density at radius 2 is 1.68 bits per heavy atom. The maximum atomic E-state index is 11.9. The summed E-state index contributed by atoms with van der Waals surface area (Å²) in [5, 5.41) is 6.98. The molecule has 2 aromatic carbocycles. The van der Waals surface area contributed by atoms with E-state index in [2.05, 4.69) is 10.6 Å². The lowest BCUT2D eigenvalue weighted by atomic mass is 10.3. The van der Waals surface area contributed by atoms with Crippen LogP contribution in [0.2, 0.25) is 15.1 Å². The van der Waals surface area contributed by atoms with Gasteiger partial charge in [0, 0.05) is 11.4 Å². The van der Waals surface area contributed by atoms with Crippen LogP contribution in [-0.4, -0.2) is 19.6 Å². The van der Waals surface area contributed by atoms with Gasteiger partial charge in [-0.2, -0.15) is 0 Å². The van der Waals surface area contributed by atoms with E-state index < -0.39 is 0 Å². The Morgan fingerprint density at radius 1 is 1.00 bits per heavy atom. The van der Waals surface area contributed by atoms with E-state index in [4.69, 9.17) is 39.5 Å². The number of hydrogen-bond donors (Lipinski definition) is 2. The smallest absolute Gasteiger partial charge is 0.243 e. The summed E-state index contributed by atoms with van der Waals surface area (Å²) in [4.78, 5) is 11.9. The summed E-state index contributed by atoms with van der Waals surface area (Å²) in [6.45, 7) is 0.0862. The molecule has 22 heavy (non-hydrogen) atoms. The van der Waals surface area contributed by atoms with Gasteiger partial charge >= 0.3 is 0 Å². The topological polar surface area (TPSA) is 50.4 Å². The highest BCUT2D eigenvalue weighted by Crippen LogP contribution is 2.27. The number of methoxy groups -OCH3 is 1. The standard InChI is InChI=1S/C15H13Cl3N2O2/c1-22-14-5-3-9(6-13(14)18)19-8-15(21)20-10-2-4-11(16)12(17)7-10/h2-7,19H,8H2,1H3,(H,20,21). The molecule has 2 N–H and O–H groups in total. The molecule has 0 aliphatic rings. The molecular weight excluding hydrogens is 347 g/mol. The van der Waals surface area contributed by atoms with E-state index in [9.17, 15) is 4.79 Å². The number of anilines is 2. The van der Waals surface area contributed by atoms with Crippen molar-refractivity contribution in [3.63, 3.8) is 0 Å². The molecule has 116 valence electrons. The molecule has 0 aliphatic heterocycles. The highest BCUT2D eigenvalue weighted by molar-refractivity contribution is 6.42. The van der Waals surface area contributed by atoms with Crippen LogP contribution in [0.3, 0.4) is 0 Å². The Bertz CT molecular complexity index is 692. The van der Waals surface area contributed by atoms with E-state index in [-0.39, 0.29) is 12.5 Å². The van der Waals surface area contributed by atoms with Crippen LogP contribution < -0.4 is 15.4 Å². The van der Waals surface area contributed by atoms with Crippen molar-refractivity contribution in [1.82, 2.24) is 0 Å². The quantitative estimate of drug-likeness (QED) is 0.813. The second-order valence-electron chi connectivity index (χ2n) is 4.38. The SMILES string of the molecule is COc1ccc(NCC(=O)Nc2ccc(Cl)c(Cl)c2)cc1Cl. The van der Waals surface area contributed by atoms with Crippen molar-refractivity contribution in [3.8, 4) is 5.75 Å². The van der Waals surface area contributed by atoms with Crippen molar-refractivity contribution in [1.29, 1.82) is 0 Å². The van der Waals surface area contributed by atoms with Crippen LogP contribution in [0.4, 0.5) is 11.4 Å². The average Bonchev–Trinajstić information content (AvgIpc) is 2.49. The Morgan fingerprint density at radius 3 is 2.32 bits per heavy atom. The van der Waals surface area contributed by atoms with Gasteiger partial charge in [0.1, 0.15) is 5.75 Å². The molecule has 0 bridgehead atoms. The van der Waals surface area contributed by atoms with E-state index >= 15 is 0 Å². The Kier molecular flexibility index (Phi) is 5.77. The van der Waals surface area contributed by atoms with E-state index in [1.54, 1.807) is 43.5 Å². The molecule has 0 radical (unpaired) electrons. The van der Waals surface area contributed by atoms with Crippen molar-refractivity contribution in [3.05, 3.63) is 51.5 Å². The van der Waals surface area contributed by atoms with Crippen LogP contribution in [0, 0.1) is 0 Å². The van der Waals surface area contributed by atoms with Crippen molar-refractivity contribution in [2.45, 2.75) is 0 Å². The lowest BCUT2D eigenvalue weighted by Crippen LogP contribution is -2.21. The van der Waals surface area contributed by atoms with Crippen molar-refractivity contribution in [2.24, 2.45) is 0 Å². The summed E-state index contributed by atoms with van der Waals surface area (Å²) in [5.41, 5.74) is 1.30. The van der Waals surface area contributed by atoms with E-state index in [1.807, 2.05) is 0 Å². The number of halogens is 3. The largest absolute Gasteiger partial charge is 0.495 e. The normalized spacial score (nSPS) is 10.2. The molecule has 7 heteroatoms. The molecule has 0 atom stereocenters. The number of ether oxygens (including phenoxy) is 1. The molecule has 0 spiro atoms. The van der Waals surface area contributed by atoms with Crippen molar-refractivity contribution in [2.75, 3.05) is 24.3 Å². The van der Waals surface area contributed by atoms with Crippen LogP contribution in [-0.2, 0) is 4.79 Å². The van der Waals surface area contributed by atoms with Crippen LogP contribution >= 0.6 is 34.8 Å². The number of hydrogen-bond acceptors (Lipinski definition) is 3. The minimum atomic E-state index is -0.217. The van der Waals surface area contributed by atoms with Crippen LogP contribution in [0.5, 0.6) is 5.75 Å². The number of carbonyl (C=O) groups is 1. The lowest BCUT2D eigenvalue weighted by molar-refractivity contribution is -0.114. The molecule has 0 unspecified atom stereocenters. The second-order valence-corrected chi connectivity index (χ2v) is 5.60. The molecule has 4 nitrogen and oxygen atoms in total. The Balaban J connectivity index is 1.92. The first-order valence-corrected chi connectivity index (χ1v) is 7.45. The zero-order chi connectivity index (χ0) is 16.1. The van der Waals surface area contributed by atoms with Gasteiger partial charge in [0.2, 0.25) is 5.91 Å². The predicted octanol–water partition coefficient (Wildman–Crippen LogP) is 4.71. The molecule has 1 amide bonds. The highest BCUT2D eigenvalue weighted by Gasteiger charge is 2.06. The number of carbonyl (C=O) groups excluding carboxylic acids is 1. The molecule has 2 aromatic rings. The minimum absolute atomic E-state index is 0.0862. The molecule has 0 fully saturated rings. The summed E-state index contributed by atoms with van der Waals surface area (Å²) in [6.07, 6.45) is 0. The third-order valence-corrected chi connectivity index (χ3v) is 3.84. The van der Waals surface area contributed by atoms with E-state index in [1.165, 1.54) is 0 Å². The molecule has 2 rings (SSSR count). The minimum Gasteiger partial charge on any atom is -0.495 e. The molecular formula is C15H13Cl3N2O2. The molecule has 0 heterocycles. The van der Waals surface area contributed by atoms with E-state index in [0.717, 1.165) is 5.69 Å². The van der Waals surface area contributed by atoms with Gasteiger partial charge in [0.25, 0.3) is 0 Å². The van der Waals surface area contributed by atoms with Gasteiger partial charge in [0.05, 0.1) is 28.7 Å². The summed E-state index contributed by atoms with van der Waals surface area (Å²) in [7, 11) is 1.54. The first-order valence-electron chi connectivity index (χ1n) is 6.32. The molecule has 0 aromatic heterocycles. The van der Waals surface area contributed by atoms with Gasteiger partial charge in [0.15, 0.2) is 0 Å². The Hall–Kier alpha value is -1.62. The molecule has 0 aliphatic carbocycles. The first kappa shape index (κ1) is 16.7. The average molecular weight is 360 g/mol. The lowest BCUT2D eigenvalue weighted by Gasteiger charge is -2.10. The van der Waals surface area contributed by atoms with E-state index in [0.29, 0.717) is 26.5 Å². The fourth-order valence-electron chi connectivity index (χ4n) is 1.74. The first-order chi connectivity index (χ1) is 10.5. The van der Waals surface area contributed by atoms with Gasteiger partial charge < -0.3 is 15.4 Å². The molecule has 0 saturated heterocycles. The maximum absolute atomic E-state index is 11.9. The number of rotatable bonds is 5. The summed E-state index contributed by atoms with van der Waals surface area (Å²) in [6, 6.07) is 10.1. The maximum Gasteiger partial charge on any atom is 0.243 e. The Labute approximate surface area is 143 Å². The fourth-order valence-corrected chi connectivity index (χ4v) is 2.29. The number of nitrogens with one attached hydrogen (secondary N) is 2. The summed E-state index contributed by atoms with van der Waals surface area (Å²) >= 11 is 17.7. The second kappa shape index (κ2) is 7.58.